The van der Waals surface area contributed by atoms with E-state index < -0.39 is 22.5 Å². The van der Waals surface area contributed by atoms with Crippen molar-refractivity contribution in [1.82, 2.24) is 0 Å². The van der Waals surface area contributed by atoms with Crippen LogP contribution in [-0.2, 0) is 14.3 Å². The van der Waals surface area contributed by atoms with E-state index in [2.05, 4.69) is 27.7 Å². The summed E-state index contributed by atoms with van der Waals surface area (Å²) < 4.78 is 11.8. The van der Waals surface area contributed by atoms with Crippen molar-refractivity contribution in [1.29, 1.82) is 0 Å². The minimum atomic E-state index is -1.40. The van der Waals surface area contributed by atoms with Crippen molar-refractivity contribution in [3.05, 3.63) is 51.6 Å². The van der Waals surface area contributed by atoms with Gasteiger partial charge in [-0.2, -0.15) is 0 Å². The van der Waals surface area contributed by atoms with Gasteiger partial charge in [0.2, 0.25) is 0 Å². The first-order valence-corrected chi connectivity index (χ1v) is 16.7. The number of ether oxygens (including phenoxy) is 2. The van der Waals surface area contributed by atoms with Gasteiger partial charge in [0, 0.05) is 23.8 Å². The number of allylic oxidation sites excluding steroid dienone is 1. The molecule has 0 bridgehead atoms. The monoisotopic (exact) mass is 607 g/mol. The lowest BCUT2D eigenvalue weighted by Gasteiger charge is -2.67. The lowest BCUT2D eigenvalue weighted by atomic mass is 9.38. The van der Waals surface area contributed by atoms with Crippen molar-refractivity contribution in [2.24, 2.45) is 45.8 Å². The molecule has 1 aliphatic heterocycles. The zero-order valence-corrected chi connectivity index (χ0v) is 27.1. The van der Waals surface area contributed by atoms with E-state index in [1.54, 1.807) is 12.1 Å². The summed E-state index contributed by atoms with van der Waals surface area (Å²) >= 11 is 0. The summed E-state index contributed by atoms with van der Waals surface area (Å²) in [7, 11) is 0. The fraction of sp³-hybridized carbons (Fsp3) is 0.722. The van der Waals surface area contributed by atoms with E-state index in [1.165, 1.54) is 12.1 Å². The number of hydrogen-bond acceptors (Lipinski definition) is 7. The summed E-state index contributed by atoms with van der Waals surface area (Å²) in [6.07, 6.45) is 9.39. The minimum Gasteiger partial charge on any atom is -0.458 e. The van der Waals surface area contributed by atoms with Gasteiger partial charge in [0.1, 0.15) is 17.8 Å². The van der Waals surface area contributed by atoms with Crippen LogP contribution in [0.3, 0.4) is 0 Å². The van der Waals surface area contributed by atoms with E-state index in [-0.39, 0.29) is 45.6 Å². The molecule has 240 valence electrons. The van der Waals surface area contributed by atoms with Gasteiger partial charge >= 0.3 is 11.9 Å². The maximum Gasteiger partial charge on any atom is 0.345 e. The van der Waals surface area contributed by atoms with Crippen LogP contribution in [0.25, 0.3) is 0 Å². The molecule has 8 heteroatoms. The number of nitro benzene ring substituents is 1. The lowest BCUT2D eigenvalue weighted by molar-refractivity contribution is -0.385. The average molecular weight is 608 g/mol. The molecule has 8 nitrogen and oxygen atoms in total. The number of benzene rings is 1. The number of carbonyl (C=O) groups is 2. The summed E-state index contributed by atoms with van der Waals surface area (Å²) in [6.45, 7) is 13.4. The fourth-order valence-corrected chi connectivity index (χ4v) is 11.6. The van der Waals surface area contributed by atoms with E-state index >= 15 is 0 Å². The maximum atomic E-state index is 13.2. The molecular formula is C36H49NO7. The normalized spacial score (nSPS) is 42.3. The zero-order chi connectivity index (χ0) is 31.8. The van der Waals surface area contributed by atoms with Gasteiger partial charge in [-0.15, -0.1) is 0 Å². The van der Waals surface area contributed by atoms with Crippen molar-refractivity contribution >= 4 is 17.6 Å². The second-order valence-electron chi connectivity index (χ2n) is 16.0. The lowest BCUT2D eigenvalue weighted by Crippen LogP contribution is -2.62. The smallest absolute Gasteiger partial charge is 0.345 e. The molecule has 0 radical (unpaired) electrons. The van der Waals surface area contributed by atoms with Gasteiger partial charge in [0.25, 0.3) is 5.69 Å². The SMILES string of the molecule is CC(C)=C[C@@H]1C[C@](O)([C@H]2CC[C@@H]3[C@@H]2CC[C@H]2[C@@]3(C)CC[C@H]3C(C)(C)[C@@H](OC(=O)c4ccccc4[N+](=O)[O-])CC[C@]23C)C(=O)O1. The number of cyclic esters (lactones) is 1. The van der Waals surface area contributed by atoms with Crippen molar-refractivity contribution in [2.45, 2.75) is 117 Å². The summed E-state index contributed by atoms with van der Waals surface area (Å²) in [5.74, 6) is 0.498. The van der Waals surface area contributed by atoms with E-state index in [0.717, 1.165) is 56.9 Å². The Balaban J connectivity index is 1.21. The van der Waals surface area contributed by atoms with Gasteiger partial charge in [-0.1, -0.05) is 45.4 Å². The zero-order valence-electron chi connectivity index (χ0n) is 27.1. The third kappa shape index (κ3) is 4.64. The van der Waals surface area contributed by atoms with Gasteiger partial charge in [-0.05, 0) is 112 Å². The molecule has 5 fully saturated rings. The molecule has 1 aromatic rings. The van der Waals surface area contributed by atoms with Gasteiger partial charge < -0.3 is 14.6 Å². The first-order chi connectivity index (χ1) is 20.6. The molecule has 0 unspecified atom stereocenters. The second kappa shape index (κ2) is 10.7. The van der Waals surface area contributed by atoms with Crippen LogP contribution in [0.15, 0.2) is 35.9 Å². The fourth-order valence-electron chi connectivity index (χ4n) is 11.6. The number of esters is 2. The number of nitrogens with zero attached hydrogens (tertiary/aromatic N) is 1. The first-order valence-electron chi connectivity index (χ1n) is 16.7. The highest BCUT2D eigenvalue weighted by Crippen LogP contribution is 2.72. The predicted octanol–water partition coefficient (Wildman–Crippen LogP) is 7.43. The topological polar surface area (TPSA) is 116 Å². The molecule has 0 amide bonds. The second-order valence-corrected chi connectivity index (χ2v) is 16.0. The number of carbonyl (C=O) groups excluding carboxylic acids is 2. The van der Waals surface area contributed by atoms with Crippen LogP contribution in [0.2, 0.25) is 0 Å². The van der Waals surface area contributed by atoms with Crippen LogP contribution in [-0.4, -0.2) is 39.8 Å². The Morgan fingerprint density at radius 2 is 1.66 bits per heavy atom. The maximum absolute atomic E-state index is 13.2. The molecule has 0 spiro atoms. The standard InChI is InChI=1S/C36H49NO7/c1-21(2)19-22-20-36(40,32(39)43-22)26-13-12-25-23(26)11-14-29-34(25,5)17-15-28-33(3,4)30(16-18-35(28,29)6)44-31(38)24-9-7-8-10-27(24)37(41)42/h7-10,19,22-23,25-26,28-30,40H,11-18,20H2,1-6H3/t22-,23+,25-,26+,28+,29+,30+,34+,35+,36+/m1/s1. The van der Waals surface area contributed by atoms with E-state index in [1.807, 2.05) is 19.9 Å². The summed E-state index contributed by atoms with van der Waals surface area (Å²) in [5, 5.41) is 23.4. The Morgan fingerprint density at radius 3 is 2.36 bits per heavy atom. The molecule has 10 atom stereocenters. The number of rotatable bonds is 5. The van der Waals surface area contributed by atoms with Gasteiger partial charge in [0.15, 0.2) is 5.60 Å². The van der Waals surface area contributed by atoms with E-state index in [4.69, 9.17) is 9.47 Å². The van der Waals surface area contributed by atoms with Crippen LogP contribution < -0.4 is 0 Å². The third-order valence-electron chi connectivity index (χ3n) is 13.3. The Morgan fingerprint density at radius 1 is 0.977 bits per heavy atom. The molecule has 0 aromatic heterocycles. The Labute approximate surface area is 261 Å². The van der Waals surface area contributed by atoms with Crippen LogP contribution in [0.4, 0.5) is 5.69 Å². The molecule has 1 N–H and O–H groups in total. The van der Waals surface area contributed by atoms with Gasteiger partial charge in [0.05, 0.1) is 4.92 Å². The number of nitro groups is 1. The highest BCUT2D eigenvalue weighted by atomic mass is 16.6. The van der Waals surface area contributed by atoms with Crippen LogP contribution in [0.1, 0.15) is 110 Å². The highest BCUT2D eigenvalue weighted by Gasteiger charge is 2.67. The van der Waals surface area contributed by atoms with Gasteiger partial charge in [-0.25, -0.2) is 9.59 Å². The highest BCUT2D eigenvalue weighted by molar-refractivity contribution is 5.94. The van der Waals surface area contributed by atoms with E-state index in [0.29, 0.717) is 30.1 Å². The van der Waals surface area contributed by atoms with Crippen LogP contribution in [0, 0.1) is 55.9 Å². The Hall–Kier alpha value is -2.74. The molecular weight excluding hydrogens is 558 g/mol. The van der Waals surface area contributed by atoms with Crippen molar-refractivity contribution < 1.29 is 29.1 Å². The third-order valence-corrected chi connectivity index (χ3v) is 13.3. The molecule has 1 aromatic carbocycles. The predicted molar refractivity (Wildman–Crippen MR) is 166 cm³/mol. The summed E-state index contributed by atoms with van der Waals surface area (Å²) in [6, 6.07) is 6.02. The molecule has 1 heterocycles. The van der Waals surface area contributed by atoms with Crippen molar-refractivity contribution in [3.8, 4) is 0 Å². The number of fused-ring (bicyclic) bond motifs is 5. The van der Waals surface area contributed by atoms with Crippen LogP contribution in [0.5, 0.6) is 0 Å². The number of aliphatic hydroxyl groups is 1. The molecule has 6 rings (SSSR count). The van der Waals surface area contributed by atoms with E-state index in [9.17, 15) is 24.8 Å². The van der Waals surface area contributed by atoms with Crippen molar-refractivity contribution in [2.75, 3.05) is 0 Å². The quantitative estimate of drug-likeness (QED) is 0.160. The van der Waals surface area contributed by atoms with Crippen LogP contribution >= 0.6 is 0 Å². The minimum absolute atomic E-state index is 0.00642. The largest absolute Gasteiger partial charge is 0.458 e. The Kier molecular flexibility index (Phi) is 7.58. The average Bonchev–Trinajstić information content (AvgIpc) is 3.51. The Bertz CT molecular complexity index is 1380. The molecule has 4 saturated carbocycles. The van der Waals surface area contributed by atoms with Gasteiger partial charge in [-0.3, -0.25) is 10.1 Å². The first kappa shape index (κ1) is 31.3. The van der Waals surface area contributed by atoms with Crippen molar-refractivity contribution in [3.63, 3.8) is 0 Å². The molecule has 4 aliphatic carbocycles. The molecule has 44 heavy (non-hydrogen) atoms. The number of para-hydroxylation sites is 1. The number of hydrogen-bond donors (Lipinski definition) is 1. The summed E-state index contributed by atoms with van der Waals surface area (Å²) in [4.78, 5) is 37.4. The molecule has 5 aliphatic rings. The summed E-state index contributed by atoms with van der Waals surface area (Å²) in [5.41, 5.74) is -0.637. The molecule has 1 saturated heterocycles.